The van der Waals surface area contributed by atoms with Crippen LogP contribution in [0.2, 0.25) is 5.15 Å². The highest BCUT2D eigenvalue weighted by atomic mass is 127. The number of nitrogens with zero attached hydrogens (tertiary/aromatic N) is 1. The first-order valence-corrected chi connectivity index (χ1v) is 8.89. The Morgan fingerprint density at radius 3 is 2.36 bits per heavy atom. The van der Waals surface area contributed by atoms with Crippen LogP contribution in [0.1, 0.15) is 0 Å². The van der Waals surface area contributed by atoms with Gasteiger partial charge in [0.25, 0.3) is 0 Å². The Kier molecular flexibility index (Phi) is 5.15. The van der Waals surface area contributed by atoms with Crippen LogP contribution in [0.15, 0.2) is 29.2 Å². The molecular formula is C13H12ClIN2O4S. The van der Waals surface area contributed by atoms with Crippen molar-refractivity contribution in [3.8, 4) is 22.6 Å². The van der Waals surface area contributed by atoms with Crippen molar-refractivity contribution in [3.63, 3.8) is 0 Å². The minimum atomic E-state index is -3.98. The summed E-state index contributed by atoms with van der Waals surface area (Å²) in [5, 5.41) is 5.60. The van der Waals surface area contributed by atoms with E-state index in [1.54, 1.807) is 18.2 Å². The maximum absolute atomic E-state index is 11.8. The van der Waals surface area contributed by atoms with Crippen LogP contribution in [-0.4, -0.2) is 27.6 Å². The van der Waals surface area contributed by atoms with Gasteiger partial charge < -0.3 is 9.47 Å². The van der Waals surface area contributed by atoms with Gasteiger partial charge in [0.2, 0.25) is 10.0 Å². The fourth-order valence-electron chi connectivity index (χ4n) is 1.93. The molecular weight excluding hydrogens is 443 g/mol. The van der Waals surface area contributed by atoms with Crippen molar-refractivity contribution in [1.29, 1.82) is 0 Å². The first kappa shape index (κ1) is 17.3. The molecule has 0 atom stereocenters. The maximum Gasteiger partial charge on any atom is 0.241 e. The lowest BCUT2D eigenvalue weighted by atomic mass is 10.1. The van der Waals surface area contributed by atoms with Crippen molar-refractivity contribution < 1.29 is 17.9 Å². The van der Waals surface area contributed by atoms with E-state index in [9.17, 15) is 8.42 Å². The molecule has 2 rings (SSSR count). The SMILES string of the molecule is COc1cc(-c2ccc(Cl)nc2I)c(OC)c(S(N)(=O)=O)c1. The Bertz CT molecular complexity index is 827. The van der Waals surface area contributed by atoms with Gasteiger partial charge in [-0.15, -0.1) is 0 Å². The zero-order valence-electron chi connectivity index (χ0n) is 11.6. The molecule has 0 aliphatic rings. The normalized spacial score (nSPS) is 11.3. The summed E-state index contributed by atoms with van der Waals surface area (Å²) in [6, 6.07) is 6.30. The Balaban J connectivity index is 2.85. The number of methoxy groups -OCH3 is 2. The molecule has 0 bridgehead atoms. The van der Waals surface area contributed by atoms with Crippen molar-refractivity contribution in [1.82, 2.24) is 4.98 Å². The molecule has 0 radical (unpaired) electrons. The van der Waals surface area contributed by atoms with E-state index in [-0.39, 0.29) is 10.6 Å². The molecule has 22 heavy (non-hydrogen) atoms. The zero-order valence-corrected chi connectivity index (χ0v) is 15.4. The number of benzene rings is 1. The number of halogens is 2. The number of ether oxygens (including phenoxy) is 2. The first-order chi connectivity index (χ1) is 10.3. The summed E-state index contributed by atoms with van der Waals surface area (Å²) < 4.78 is 34.6. The molecule has 0 saturated carbocycles. The molecule has 9 heteroatoms. The molecule has 0 unspecified atom stereocenters. The quantitative estimate of drug-likeness (QED) is 0.566. The second-order valence-electron chi connectivity index (χ2n) is 4.22. The third kappa shape index (κ3) is 3.45. The minimum Gasteiger partial charge on any atom is -0.497 e. The molecule has 0 saturated heterocycles. The van der Waals surface area contributed by atoms with Crippen molar-refractivity contribution in [2.24, 2.45) is 5.14 Å². The highest BCUT2D eigenvalue weighted by Gasteiger charge is 2.22. The number of hydrogen-bond acceptors (Lipinski definition) is 5. The van der Waals surface area contributed by atoms with E-state index in [1.807, 2.05) is 22.6 Å². The molecule has 2 aromatic rings. The van der Waals surface area contributed by atoms with Crippen molar-refractivity contribution in [2.75, 3.05) is 14.2 Å². The molecule has 2 N–H and O–H groups in total. The van der Waals surface area contributed by atoms with E-state index in [4.69, 9.17) is 26.2 Å². The molecule has 1 aromatic heterocycles. The van der Waals surface area contributed by atoms with Gasteiger partial charge in [0.05, 0.1) is 14.2 Å². The van der Waals surface area contributed by atoms with Gasteiger partial charge in [-0.25, -0.2) is 18.5 Å². The van der Waals surface area contributed by atoms with Crippen LogP contribution >= 0.6 is 34.2 Å². The molecule has 6 nitrogen and oxygen atoms in total. The van der Waals surface area contributed by atoms with E-state index >= 15 is 0 Å². The lowest BCUT2D eigenvalue weighted by Crippen LogP contribution is -2.14. The predicted octanol–water partition coefficient (Wildman–Crippen LogP) is 2.67. The van der Waals surface area contributed by atoms with E-state index < -0.39 is 10.0 Å². The number of rotatable bonds is 4. The predicted molar refractivity (Wildman–Crippen MR) is 91.9 cm³/mol. The maximum atomic E-state index is 11.8. The molecule has 1 aromatic carbocycles. The topological polar surface area (TPSA) is 91.5 Å². The number of pyridine rings is 1. The molecule has 118 valence electrons. The van der Waals surface area contributed by atoms with Crippen LogP contribution in [0.4, 0.5) is 0 Å². The molecule has 0 aliphatic carbocycles. The number of primary sulfonamides is 1. The summed E-state index contributed by atoms with van der Waals surface area (Å²) in [5.41, 5.74) is 1.16. The lowest BCUT2D eigenvalue weighted by Gasteiger charge is -2.15. The Labute approximate surface area is 146 Å². The van der Waals surface area contributed by atoms with Crippen molar-refractivity contribution >= 4 is 44.2 Å². The van der Waals surface area contributed by atoms with Crippen LogP contribution in [0.5, 0.6) is 11.5 Å². The van der Waals surface area contributed by atoms with Crippen LogP contribution in [-0.2, 0) is 10.0 Å². The van der Waals surface area contributed by atoms with Crippen LogP contribution in [0.3, 0.4) is 0 Å². The highest BCUT2D eigenvalue weighted by molar-refractivity contribution is 14.1. The molecule has 0 aliphatic heterocycles. The lowest BCUT2D eigenvalue weighted by molar-refractivity contribution is 0.394. The second kappa shape index (κ2) is 6.57. The summed E-state index contributed by atoms with van der Waals surface area (Å²) in [6.45, 7) is 0. The van der Waals surface area contributed by atoms with E-state index in [2.05, 4.69) is 4.98 Å². The molecule has 0 amide bonds. The van der Waals surface area contributed by atoms with Gasteiger partial charge in [-0.05, 0) is 40.8 Å². The van der Waals surface area contributed by atoms with Crippen LogP contribution in [0.25, 0.3) is 11.1 Å². The summed E-state index contributed by atoms with van der Waals surface area (Å²) in [5.74, 6) is 0.468. The second-order valence-corrected chi connectivity index (χ2v) is 7.16. The van der Waals surface area contributed by atoms with Crippen molar-refractivity contribution in [2.45, 2.75) is 4.90 Å². The molecule has 1 heterocycles. The van der Waals surface area contributed by atoms with Gasteiger partial charge in [-0.2, -0.15) is 0 Å². The molecule has 0 spiro atoms. The standard InChI is InChI=1S/C13H12ClIN2O4S/c1-20-7-5-9(8-3-4-11(14)17-13(8)15)12(21-2)10(6-7)22(16,18)19/h3-6H,1-2H3,(H2,16,18,19). The first-order valence-electron chi connectivity index (χ1n) is 5.89. The summed E-state index contributed by atoms with van der Waals surface area (Å²) in [7, 11) is -1.18. The number of nitrogens with two attached hydrogens (primary N) is 1. The van der Waals surface area contributed by atoms with Gasteiger partial charge in [-0.1, -0.05) is 11.6 Å². The highest BCUT2D eigenvalue weighted by Crippen LogP contribution is 2.40. The number of hydrogen-bond donors (Lipinski definition) is 1. The minimum absolute atomic E-state index is 0.130. The molecule has 0 fully saturated rings. The van der Waals surface area contributed by atoms with Gasteiger partial charge >= 0.3 is 0 Å². The largest absolute Gasteiger partial charge is 0.497 e. The van der Waals surface area contributed by atoms with Gasteiger partial charge in [0, 0.05) is 17.2 Å². The van der Waals surface area contributed by atoms with Gasteiger partial charge in [0.15, 0.2) is 0 Å². The van der Waals surface area contributed by atoms with E-state index in [0.29, 0.717) is 25.7 Å². The van der Waals surface area contributed by atoms with E-state index in [0.717, 1.165) is 0 Å². The number of aromatic nitrogens is 1. The van der Waals surface area contributed by atoms with E-state index in [1.165, 1.54) is 20.3 Å². The zero-order chi connectivity index (χ0) is 16.5. The third-order valence-electron chi connectivity index (χ3n) is 2.88. The van der Waals surface area contributed by atoms with Crippen LogP contribution < -0.4 is 14.6 Å². The van der Waals surface area contributed by atoms with Gasteiger partial charge in [-0.3, -0.25) is 0 Å². The number of sulfonamides is 1. The average molecular weight is 455 g/mol. The van der Waals surface area contributed by atoms with Gasteiger partial charge in [0.1, 0.15) is 25.2 Å². The Morgan fingerprint density at radius 2 is 1.86 bits per heavy atom. The fraction of sp³-hybridized carbons (Fsp3) is 0.154. The van der Waals surface area contributed by atoms with Crippen molar-refractivity contribution in [3.05, 3.63) is 33.1 Å². The smallest absolute Gasteiger partial charge is 0.241 e. The summed E-state index contributed by atoms with van der Waals surface area (Å²) in [4.78, 5) is 3.99. The fourth-order valence-corrected chi connectivity index (χ4v) is 3.68. The monoisotopic (exact) mass is 454 g/mol. The Morgan fingerprint density at radius 1 is 1.18 bits per heavy atom. The third-order valence-corrected chi connectivity index (χ3v) is 4.83. The van der Waals surface area contributed by atoms with Crippen LogP contribution in [0, 0.1) is 3.70 Å². The average Bonchev–Trinajstić information content (AvgIpc) is 2.45. The Hall–Kier alpha value is -1.10. The summed E-state index contributed by atoms with van der Waals surface area (Å²) in [6.07, 6.45) is 0. The summed E-state index contributed by atoms with van der Waals surface area (Å²) >= 11 is 7.86.